The quantitative estimate of drug-likeness (QED) is 0.819. The van der Waals surface area contributed by atoms with E-state index in [0.29, 0.717) is 38.2 Å². The summed E-state index contributed by atoms with van der Waals surface area (Å²) in [6, 6.07) is 9.08. The fourth-order valence-corrected chi connectivity index (χ4v) is 2.08. The normalized spacial score (nSPS) is 16.2. The summed E-state index contributed by atoms with van der Waals surface area (Å²) < 4.78 is 0. The zero-order valence-electron chi connectivity index (χ0n) is 10.1. The van der Waals surface area contributed by atoms with Gasteiger partial charge in [0.15, 0.2) is 0 Å². The van der Waals surface area contributed by atoms with Crippen LogP contribution in [-0.2, 0) is 0 Å². The highest BCUT2D eigenvalue weighted by Gasteiger charge is 2.21. The zero-order chi connectivity index (χ0) is 13.0. The molecule has 1 N–H and O–H groups in total. The number of amides is 2. The first-order valence-electron chi connectivity index (χ1n) is 6.00. The van der Waals surface area contributed by atoms with Gasteiger partial charge in [0, 0.05) is 31.7 Å². The van der Waals surface area contributed by atoms with Crippen LogP contribution in [0.4, 0.5) is 4.79 Å². The van der Waals surface area contributed by atoms with Crippen molar-refractivity contribution in [2.75, 3.05) is 26.2 Å². The molecule has 0 aromatic heterocycles. The van der Waals surface area contributed by atoms with E-state index < -0.39 is 6.09 Å². The molecule has 5 heteroatoms. The molecule has 0 aliphatic carbocycles. The average molecular weight is 248 g/mol. The largest absolute Gasteiger partial charge is 0.465 e. The Balaban J connectivity index is 2.02. The fourth-order valence-electron chi connectivity index (χ4n) is 2.08. The predicted octanol–water partition coefficient (Wildman–Crippen LogP) is 1.51. The molecule has 2 rings (SSSR count). The van der Waals surface area contributed by atoms with Crippen LogP contribution in [0.25, 0.3) is 0 Å². The topological polar surface area (TPSA) is 60.9 Å². The highest BCUT2D eigenvalue weighted by Crippen LogP contribution is 2.09. The first-order valence-corrected chi connectivity index (χ1v) is 6.00. The second-order valence-electron chi connectivity index (χ2n) is 4.28. The van der Waals surface area contributed by atoms with Crippen LogP contribution in [0.3, 0.4) is 0 Å². The van der Waals surface area contributed by atoms with Gasteiger partial charge in [0.2, 0.25) is 0 Å². The van der Waals surface area contributed by atoms with E-state index in [1.807, 2.05) is 18.2 Å². The summed E-state index contributed by atoms with van der Waals surface area (Å²) in [5, 5.41) is 8.93. The highest BCUT2D eigenvalue weighted by atomic mass is 16.4. The summed E-state index contributed by atoms with van der Waals surface area (Å²) in [5.41, 5.74) is 0.654. The van der Waals surface area contributed by atoms with Gasteiger partial charge in [0.05, 0.1) is 0 Å². The van der Waals surface area contributed by atoms with Gasteiger partial charge in [0.1, 0.15) is 0 Å². The SMILES string of the molecule is O=C(O)N1CCCN(C(=O)c2ccccc2)CC1. The van der Waals surface area contributed by atoms with Gasteiger partial charge in [-0.05, 0) is 18.6 Å². The third-order valence-corrected chi connectivity index (χ3v) is 3.07. The maximum absolute atomic E-state index is 12.2. The van der Waals surface area contributed by atoms with Gasteiger partial charge in [-0.2, -0.15) is 0 Å². The number of carbonyl (C=O) groups excluding carboxylic acids is 1. The van der Waals surface area contributed by atoms with E-state index in [2.05, 4.69) is 0 Å². The lowest BCUT2D eigenvalue weighted by atomic mass is 10.2. The molecule has 1 aromatic rings. The Bertz CT molecular complexity index is 433. The van der Waals surface area contributed by atoms with Gasteiger partial charge in [-0.15, -0.1) is 0 Å². The lowest BCUT2D eigenvalue weighted by Gasteiger charge is -2.20. The first kappa shape index (κ1) is 12.4. The summed E-state index contributed by atoms with van der Waals surface area (Å²) in [6.07, 6.45) is -0.228. The monoisotopic (exact) mass is 248 g/mol. The molecule has 0 unspecified atom stereocenters. The van der Waals surface area contributed by atoms with Crippen molar-refractivity contribution in [1.82, 2.24) is 9.80 Å². The van der Waals surface area contributed by atoms with Crippen LogP contribution in [0.15, 0.2) is 30.3 Å². The minimum absolute atomic E-state index is 0.0251. The van der Waals surface area contributed by atoms with E-state index >= 15 is 0 Å². The highest BCUT2D eigenvalue weighted by molar-refractivity contribution is 5.94. The van der Waals surface area contributed by atoms with Crippen molar-refractivity contribution in [3.63, 3.8) is 0 Å². The van der Waals surface area contributed by atoms with Crippen LogP contribution >= 0.6 is 0 Å². The number of hydrogen-bond donors (Lipinski definition) is 1. The minimum atomic E-state index is -0.913. The Morgan fingerprint density at radius 3 is 2.22 bits per heavy atom. The molecule has 5 nitrogen and oxygen atoms in total. The summed E-state index contributed by atoms with van der Waals surface area (Å²) in [6.45, 7) is 1.94. The zero-order valence-corrected chi connectivity index (χ0v) is 10.1. The number of benzene rings is 1. The third kappa shape index (κ3) is 2.80. The molecule has 1 fully saturated rings. The smallest absolute Gasteiger partial charge is 0.407 e. The standard InChI is InChI=1S/C13H16N2O3/c16-12(11-5-2-1-3-6-11)14-7-4-8-15(10-9-14)13(17)18/h1-3,5-6H,4,7-10H2,(H,17,18). The molecule has 96 valence electrons. The van der Waals surface area contributed by atoms with Crippen LogP contribution in [0.2, 0.25) is 0 Å². The third-order valence-electron chi connectivity index (χ3n) is 3.07. The molecule has 0 saturated carbocycles. The Morgan fingerprint density at radius 1 is 0.944 bits per heavy atom. The van der Waals surface area contributed by atoms with Crippen molar-refractivity contribution in [1.29, 1.82) is 0 Å². The van der Waals surface area contributed by atoms with Gasteiger partial charge in [-0.1, -0.05) is 18.2 Å². The van der Waals surface area contributed by atoms with Gasteiger partial charge in [-0.25, -0.2) is 4.79 Å². The van der Waals surface area contributed by atoms with E-state index in [0.717, 1.165) is 0 Å². The van der Waals surface area contributed by atoms with Crippen molar-refractivity contribution in [3.05, 3.63) is 35.9 Å². The van der Waals surface area contributed by atoms with Gasteiger partial charge < -0.3 is 14.9 Å². The van der Waals surface area contributed by atoms with E-state index in [4.69, 9.17) is 5.11 Å². The molecule has 0 bridgehead atoms. The molecule has 1 aliphatic heterocycles. The number of carbonyl (C=O) groups is 2. The van der Waals surface area contributed by atoms with Gasteiger partial charge >= 0.3 is 6.09 Å². The summed E-state index contributed by atoms with van der Waals surface area (Å²) >= 11 is 0. The van der Waals surface area contributed by atoms with E-state index in [1.54, 1.807) is 17.0 Å². The Hall–Kier alpha value is -2.04. The van der Waals surface area contributed by atoms with E-state index in [9.17, 15) is 9.59 Å². The molecule has 1 saturated heterocycles. The molecule has 1 aromatic carbocycles. The van der Waals surface area contributed by atoms with Crippen LogP contribution in [-0.4, -0.2) is 53.1 Å². The predicted molar refractivity (Wildman–Crippen MR) is 66.6 cm³/mol. The lowest BCUT2D eigenvalue weighted by molar-refractivity contribution is 0.0759. The average Bonchev–Trinajstić information content (AvgIpc) is 2.64. The van der Waals surface area contributed by atoms with Gasteiger partial charge in [-0.3, -0.25) is 4.79 Å². The molecule has 1 aliphatic rings. The molecule has 18 heavy (non-hydrogen) atoms. The van der Waals surface area contributed by atoms with Crippen molar-refractivity contribution < 1.29 is 14.7 Å². The number of hydrogen-bond acceptors (Lipinski definition) is 2. The van der Waals surface area contributed by atoms with Crippen molar-refractivity contribution in [2.45, 2.75) is 6.42 Å². The summed E-state index contributed by atoms with van der Waals surface area (Å²) in [4.78, 5) is 26.1. The molecule has 0 radical (unpaired) electrons. The maximum Gasteiger partial charge on any atom is 0.407 e. The van der Waals surface area contributed by atoms with E-state index in [1.165, 1.54) is 4.90 Å². The molecule has 0 spiro atoms. The first-order chi connectivity index (χ1) is 8.68. The molecular formula is C13H16N2O3. The number of carboxylic acid groups (broad SMARTS) is 1. The molecule has 2 amide bonds. The second-order valence-corrected chi connectivity index (χ2v) is 4.28. The van der Waals surface area contributed by atoms with Crippen LogP contribution < -0.4 is 0 Å². The number of rotatable bonds is 1. The molecule has 0 atom stereocenters. The van der Waals surface area contributed by atoms with Crippen LogP contribution in [0, 0.1) is 0 Å². The Labute approximate surface area is 106 Å². The number of nitrogens with zero attached hydrogens (tertiary/aromatic N) is 2. The van der Waals surface area contributed by atoms with Crippen molar-refractivity contribution in [3.8, 4) is 0 Å². The van der Waals surface area contributed by atoms with Gasteiger partial charge in [0.25, 0.3) is 5.91 Å². The summed E-state index contributed by atoms with van der Waals surface area (Å²) in [7, 11) is 0. The van der Waals surface area contributed by atoms with E-state index in [-0.39, 0.29) is 5.91 Å². The summed E-state index contributed by atoms with van der Waals surface area (Å²) in [5.74, 6) is -0.0251. The minimum Gasteiger partial charge on any atom is -0.465 e. The molecule has 1 heterocycles. The Morgan fingerprint density at radius 2 is 1.56 bits per heavy atom. The van der Waals surface area contributed by atoms with Crippen LogP contribution in [0.1, 0.15) is 16.8 Å². The lowest BCUT2D eigenvalue weighted by Crippen LogP contribution is -2.36. The Kier molecular flexibility index (Phi) is 3.82. The fraction of sp³-hybridized carbons (Fsp3) is 0.385. The van der Waals surface area contributed by atoms with Crippen LogP contribution in [0.5, 0.6) is 0 Å². The van der Waals surface area contributed by atoms with Crippen molar-refractivity contribution >= 4 is 12.0 Å². The maximum atomic E-state index is 12.2. The second kappa shape index (κ2) is 5.53. The molecular weight excluding hydrogens is 232 g/mol. The van der Waals surface area contributed by atoms with Crippen molar-refractivity contribution in [2.24, 2.45) is 0 Å².